The normalized spacial score (nSPS) is 11.2. The van der Waals surface area contributed by atoms with Gasteiger partial charge in [-0.3, -0.25) is 4.79 Å². The molecule has 0 spiro atoms. The standard InChI is InChI=1S/C16H32Cl2O2Si/c17-21(18)15-13-11-9-7-5-3-1-2-4-6-8-10-12-14-16(19)20/h21H,1-15H2,(H,19,20). The van der Waals surface area contributed by atoms with Gasteiger partial charge < -0.3 is 5.11 Å². The summed E-state index contributed by atoms with van der Waals surface area (Å²) < 4.78 is 0. The zero-order chi connectivity index (χ0) is 15.8. The van der Waals surface area contributed by atoms with Gasteiger partial charge in [0, 0.05) is 6.42 Å². The molecular weight excluding hydrogens is 323 g/mol. The van der Waals surface area contributed by atoms with Crippen molar-refractivity contribution in [3.8, 4) is 0 Å². The molecular formula is C16H32Cl2O2Si. The molecule has 0 unspecified atom stereocenters. The molecule has 0 saturated carbocycles. The molecule has 5 heteroatoms. The highest BCUT2D eigenvalue weighted by Crippen LogP contribution is 2.15. The monoisotopic (exact) mass is 354 g/mol. The van der Waals surface area contributed by atoms with Crippen LogP contribution in [0.3, 0.4) is 0 Å². The Morgan fingerprint density at radius 1 is 0.667 bits per heavy atom. The van der Waals surface area contributed by atoms with Gasteiger partial charge in [0.1, 0.15) is 0 Å². The van der Waals surface area contributed by atoms with Crippen molar-refractivity contribution < 1.29 is 9.90 Å². The Bertz CT molecular complexity index is 238. The summed E-state index contributed by atoms with van der Waals surface area (Å²) in [5.74, 6) is -0.665. The van der Waals surface area contributed by atoms with Gasteiger partial charge in [-0.15, -0.1) is 0 Å². The molecule has 126 valence electrons. The van der Waals surface area contributed by atoms with Crippen molar-refractivity contribution in [1.82, 2.24) is 0 Å². The fraction of sp³-hybridized carbons (Fsp3) is 0.938. The van der Waals surface area contributed by atoms with Gasteiger partial charge in [-0.05, 0) is 12.5 Å². The number of unbranched alkanes of at least 4 members (excludes halogenated alkanes) is 12. The van der Waals surface area contributed by atoms with Crippen molar-refractivity contribution >= 4 is 35.5 Å². The molecule has 0 aliphatic rings. The van der Waals surface area contributed by atoms with Crippen LogP contribution in [-0.4, -0.2) is 18.5 Å². The molecule has 0 aromatic carbocycles. The van der Waals surface area contributed by atoms with E-state index < -0.39 is 13.4 Å². The van der Waals surface area contributed by atoms with E-state index in [9.17, 15) is 4.79 Å². The SMILES string of the molecule is O=C(O)CCCCCCCCCCCCCCC[SiH](Cl)Cl. The highest BCUT2D eigenvalue weighted by atomic mass is 35.7. The van der Waals surface area contributed by atoms with Crippen LogP contribution >= 0.6 is 22.2 Å². The fourth-order valence-corrected chi connectivity index (χ4v) is 4.04. The van der Waals surface area contributed by atoms with Gasteiger partial charge in [0.2, 0.25) is 7.42 Å². The number of hydrogen-bond donors (Lipinski definition) is 1. The molecule has 21 heavy (non-hydrogen) atoms. The number of hydrogen-bond acceptors (Lipinski definition) is 1. The quantitative estimate of drug-likeness (QED) is 0.202. The Hall–Kier alpha value is 0.267. The second-order valence-corrected chi connectivity index (χ2v) is 11.1. The van der Waals surface area contributed by atoms with Crippen LogP contribution < -0.4 is 0 Å². The highest BCUT2D eigenvalue weighted by Gasteiger charge is 2.00. The summed E-state index contributed by atoms with van der Waals surface area (Å²) in [5, 5.41) is 8.52. The van der Waals surface area contributed by atoms with Gasteiger partial charge in [0.05, 0.1) is 0 Å². The lowest BCUT2D eigenvalue weighted by molar-refractivity contribution is -0.137. The molecule has 0 radical (unpaired) electrons. The van der Waals surface area contributed by atoms with Crippen LogP contribution in [0.4, 0.5) is 0 Å². The van der Waals surface area contributed by atoms with Crippen molar-refractivity contribution in [2.24, 2.45) is 0 Å². The summed E-state index contributed by atoms with van der Waals surface area (Å²) in [6.45, 7) is 0. The molecule has 0 aliphatic heterocycles. The minimum atomic E-state index is -1.35. The van der Waals surface area contributed by atoms with Crippen LogP contribution in [0.15, 0.2) is 0 Å². The van der Waals surface area contributed by atoms with Gasteiger partial charge in [0.15, 0.2) is 0 Å². The van der Waals surface area contributed by atoms with E-state index in [0.29, 0.717) is 6.42 Å². The Morgan fingerprint density at radius 2 is 1.00 bits per heavy atom. The number of carbonyl (C=O) groups is 1. The van der Waals surface area contributed by atoms with Crippen molar-refractivity contribution in [3.63, 3.8) is 0 Å². The van der Waals surface area contributed by atoms with E-state index in [4.69, 9.17) is 27.3 Å². The minimum absolute atomic E-state index is 0.332. The number of halogens is 2. The predicted octanol–water partition coefficient (Wildman–Crippen LogP) is 6.23. The molecule has 0 aliphatic carbocycles. The van der Waals surface area contributed by atoms with Crippen LogP contribution in [-0.2, 0) is 4.79 Å². The van der Waals surface area contributed by atoms with E-state index in [1.807, 2.05) is 0 Å². The van der Waals surface area contributed by atoms with Gasteiger partial charge in [-0.1, -0.05) is 77.0 Å². The smallest absolute Gasteiger partial charge is 0.303 e. The Morgan fingerprint density at radius 3 is 1.33 bits per heavy atom. The average Bonchev–Trinajstić information content (AvgIpc) is 2.42. The molecule has 0 fully saturated rings. The summed E-state index contributed by atoms with van der Waals surface area (Å²) in [4.78, 5) is 10.3. The molecule has 1 N–H and O–H groups in total. The van der Waals surface area contributed by atoms with E-state index in [-0.39, 0.29) is 0 Å². The second kappa shape index (κ2) is 16.6. The van der Waals surface area contributed by atoms with Crippen LogP contribution in [0.5, 0.6) is 0 Å². The van der Waals surface area contributed by atoms with E-state index in [1.165, 1.54) is 70.6 Å². The maximum Gasteiger partial charge on any atom is 0.303 e. The third kappa shape index (κ3) is 20.3. The molecule has 0 rings (SSSR count). The lowest BCUT2D eigenvalue weighted by atomic mass is 10.0. The Labute approximate surface area is 141 Å². The van der Waals surface area contributed by atoms with E-state index in [0.717, 1.165) is 18.9 Å². The minimum Gasteiger partial charge on any atom is -0.481 e. The fourth-order valence-electron chi connectivity index (χ4n) is 2.52. The van der Waals surface area contributed by atoms with E-state index in [2.05, 4.69) is 0 Å². The van der Waals surface area contributed by atoms with E-state index in [1.54, 1.807) is 0 Å². The number of carboxylic acid groups (broad SMARTS) is 1. The second-order valence-electron chi connectivity index (χ2n) is 5.92. The van der Waals surface area contributed by atoms with Gasteiger partial charge in [-0.25, -0.2) is 0 Å². The number of carboxylic acids is 1. The van der Waals surface area contributed by atoms with Crippen LogP contribution in [0.25, 0.3) is 0 Å². The maximum absolute atomic E-state index is 10.3. The first-order chi connectivity index (χ1) is 10.1. The van der Waals surface area contributed by atoms with Gasteiger partial charge in [-0.2, -0.15) is 22.2 Å². The van der Waals surface area contributed by atoms with Crippen molar-refractivity contribution in [2.45, 2.75) is 95.9 Å². The predicted molar refractivity (Wildman–Crippen MR) is 95.9 cm³/mol. The number of aliphatic carboxylic acids is 1. The summed E-state index contributed by atoms with van der Waals surface area (Å²) in [5.41, 5.74) is 0. The van der Waals surface area contributed by atoms with Gasteiger partial charge in [0.25, 0.3) is 0 Å². The van der Waals surface area contributed by atoms with Crippen LogP contribution in [0.2, 0.25) is 6.04 Å². The molecule has 0 saturated heterocycles. The van der Waals surface area contributed by atoms with Crippen molar-refractivity contribution in [1.29, 1.82) is 0 Å². The summed E-state index contributed by atoms with van der Waals surface area (Å²) in [7, 11) is -1.35. The molecule has 0 aromatic rings. The van der Waals surface area contributed by atoms with Crippen LogP contribution in [0, 0.1) is 0 Å². The maximum atomic E-state index is 10.3. The summed E-state index contributed by atoms with van der Waals surface area (Å²) >= 11 is 11.6. The zero-order valence-corrected chi connectivity index (χ0v) is 16.0. The van der Waals surface area contributed by atoms with E-state index >= 15 is 0 Å². The van der Waals surface area contributed by atoms with Crippen molar-refractivity contribution in [3.05, 3.63) is 0 Å². The average molecular weight is 355 g/mol. The molecule has 0 heterocycles. The summed E-state index contributed by atoms with van der Waals surface area (Å²) in [6, 6.07) is 1.07. The topological polar surface area (TPSA) is 37.3 Å². The van der Waals surface area contributed by atoms with Gasteiger partial charge >= 0.3 is 5.97 Å². The lowest BCUT2D eigenvalue weighted by Gasteiger charge is -2.03. The van der Waals surface area contributed by atoms with Crippen LogP contribution in [0.1, 0.15) is 89.9 Å². The largest absolute Gasteiger partial charge is 0.481 e. The molecule has 0 atom stereocenters. The molecule has 0 bridgehead atoms. The first-order valence-electron chi connectivity index (χ1n) is 8.63. The molecule has 2 nitrogen and oxygen atoms in total. The first-order valence-corrected chi connectivity index (χ1v) is 12.9. The molecule has 0 amide bonds. The highest BCUT2D eigenvalue weighted by molar-refractivity contribution is 7.33. The summed E-state index contributed by atoms with van der Waals surface area (Å²) in [6.07, 6.45) is 16.6. The third-order valence-corrected chi connectivity index (χ3v) is 5.97. The lowest BCUT2D eigenvalue weighted by Crippen LogP contribution is -1.93. The number of rotatable bonds is 16. The zero-order valence-electron chi connectivity index (χ0n) is 13.3. The molecule has 0 aromatic heterocycles. The Kier molecular flexibility index (Phi) is 16.8. The first kappa shape index (κ1) is 21.3. The Balaban J connectivity index is 2.98. The third-order valence-electron chi connectivity index (χ3n) is 3.81. The van der Waals surface area contributed by atoms with Crippen molar-refractivity contribution in [2.75, 3.05) is 0 Å².